The van der Waals surface area contributed by atoms with Crippen molar-refractivity contribution in [3.8, 4) is 17.1 Å². The van der Waals surface area contributed by atoms with E-state index in [1.165, 1.54) is 6.08 Å². The quantitative estimate of drug-likeness (QED) is 0.910. The number of carbonyl (C=O) groups excluding carboxylic acids is 1. The average Bonchev–Trinajstić information content (AvgIpc) is 2.75. The fourth-order valence-electron chi connectivity index (χ4n) is 2.34. The van der Waals surface area contributed by atoms with Gasteiger partial charge in [0.15, 0.2) is 5.78 Å². The van der Waals surface area contributed by atoms with Crippen LogP contribution >= 0.6 is 0 Å². The van der Waals surface area contributed by atoms with Gasteiger partial charge >= 0.3 is 5.95 Å². The lowest BCUT2D eigenvalue weighted by atomic mass is 10.0. The van der Waals surface area contributed by atoms with Crippen LogP contribution in [-0.2, 0) is 4.79 Å². The van der Waals surface area contributed by atoms with Gasteiger partial charge < -0.3 is 9.63 Å². The van der Waals surface area contributed by atoms with E-state index < -0.39 is 11.5 Å². The summed E-state index contributed by atoms with van der Waals surface area (Å²) in [7, 11) is 0. The SMILES string of the molecule is O=C1C=C(n2oc(O)c(-c3ccccc3)c2=O)CCC1. The van der Waals surface area contributed by atoms with E-state index >= 15 is 0 Å². The second-order valence-electron chi connectivity index (χ2n) is 4.69. The number of nitrogens with zero attached hydrogens (tertiary/aromatic N) is 1. The van der Waals surface area contributed by atoms with Gasteiger partial charge in [0.2, 0.25) is 0 Å². The van der Waals surface area contributed by atoms with Gasteiger partial charge in [-0.05, 0) is 18.4 Å². The van der Waals surface area contributed by atoms with Crippen molar-refractivity contribution >= 4 is 11.5 Å². The molecule has 3 rings (SSSR count). The first-order valence-corrected chi connectivity index (χ1v) is 6.41. The minimum absolute atomic E-state index is 0.0321. The van der Waals surface area contributed by atoms with Crippen molar-refractivity contribution in [2.24, 2.45) is 0 Å². The third kappa shape index (κ3) is 2.07. The highest BCUT2D eigenvalue weighted by atomic mass is 16.6. The van der Waals surface area contributed by atoms with Gasteiger partial charge in [-0.3, -0.25) is 9.59 Å². The van der Waals surface area contributed by atoms with E-state index in [2.05, 4.69) is 0 Å². The summed E-state index contributed by atoms with van der Waals surface area (Å²) in [5.41, 5.74) is 0.739. The molecular formula is C15H13NO4. The van der Waals surface area contributed by atoms with Gasteiger partial charge in [0.25, 0.3) is 5.56 Å². The molecule has 5 nitrogen and oxygen atoms in total. The van der Waals surface area contributed by atoms with Crippen LogP contribution in [0.15, 0.2) is 45.7 Å². The van der Waals surface area contributed by atoms with Gasteiger partial charge in [-0.1, -0.05) is 30.3 Å². The van der Waals surface area contributed by atoms with Crippen LogP contribution in [0.5, 0.6) is 5.95 Å². The highest BCUT2D eigenvalue weighted by molar-refractivity contribution is 5.95. The molecule has 2 aromatic rings. The van der Waals surface area contributed by atoms with Crippen molar-refractivity contribution in [1.29, 1.82) is 0 Å². The third-order valence-electron chi connectivity index (χ3n) is 3.30. The Morgan fingerprint density at radius 1 is 1.10 bits per heavy atom. The van der Waals surface area contributed by atoms with Gasteiger partial charge in [0.05, 0.1) is 5.70 Å². The van der Waals surface area contributed by atoms with Crippen LogP contribution in [0, 0.1) is 0 Å². The van der Waals surface area contributed by atoms with E-state index in [9.17, 15) is 14.7 Å². The number of aromatic nitrogens is 1. The molecule has 1 N–H and O–H groups in total. The summed E-state index contributed by atoms with van der Waals surface area (Å²) >= 11 is 0. The number of allylic oxidation sites excluding steroid dienone is 2. The summed E-state index contributed by atoms with van der Waals surface area (Å²) in [6.07, 6.45) is 3.14. The molecule has 0 aliphatic heterocycles. The van der Waals surface area contributed by atoms with Gasteiger partial charge in [0, 0.05) is 12.5 Å². The maximum Gasteiger partial charge on any atom is 0.318 e. The zero-order chi connectivity index (χ0) is 14.1. The molecule has 1 heterocycles. The van der Waals surface area contributed by atoms with Gasteiger partial charge in [0.1, 0.15) is 5.56 Å². The molecule has 0 radical (unpaired) electrons. The predicted molar refractivity (Wildman–Crippen MR) is 73.2 cm³/mol. The van der Waals surface area contributed by atoms with Gasteiger partial charge in [-0.25, -0.2) is 0 Å². The smallest absolute Gasteiger partial charge is 0.318 e. The molecule has 0 unspecified atom stereocenters. The number of hydrogen-bond acceptors (Lipinski definition) is 4. The summed E-state index contributed by atoms with van der Waals surface area (Å²) in [5.74, 6) is -0.463. The lowest BCUT2D eigenvalue weighted by molar-refractivity contribution is -0.114. The highest BCUT2D eigenvalue weighted by Crippen LogP contribution is 2.28. The zero-order valence-corrected chi connectivity index (χ0v) is 10.7. The number of hydrogen-bond donors (Lipinski definition) is 1. The van der Waals surface area contributed by atoms with Crippen molar-refractivity contribution in [2.45, 2.75) is 19.3 Å². The molecule has 20 heavy (non-hydrogen) atoms. The van der Waals surface area contributed by atoms with Crippen LogP contribution in [0.3, 0.4) is 0 Å². The van der Waals surface area contributed by atoms with Crippen LogP contribution in [-0.4, -0.2) is 15.6 Å². The summed E-state index contributed by atoms with van der Waals surface area (Å²) < 4.78 is 6.14. The lowest BCUT2D eigenvalue weighted by Gasteiger charge is -2.09. The molecule has 0 atom stereocenters. The Bertz CT molecular complexity index is 737. The standard InChI is InChI=1S/C15H13NO4/c17-12-8-4-7-11(9-12)16-14(18)13(15(19)20-16)10-5-2-1-3-6-10/h1-3,5-6,9,19H,4,7-8H2. The van der Waals surface area contributed by atoms with Gasteiger partial charge in [-0.2, -0.15) is 0 Å². The molecule has 1 aliphatic rings. The molecule has 1 aromatic carbocycles. The van der Waals surface area contributed by atoms with E-state index in [1.807, 2.05) is 6.07 Å². The van der Waals surface area contributed by atoms with Crippen LogP contribution in [0.25, 0.3) is 16.8 Å². The van der Waals surface area contributed by atoms with Crippen LogP contribution in [0.1, 0.15) is 19.3 Å². The number of carbonyl (C=O) groups is 1. The molecule has 0 saturated heterocycles. The first kappa shape index (κ1) is 12.5. The molecule has 1 aromatic heterocycles. The predicted octanol–water partition coefficient (Wildman–Crippen LogP) is 2.41. The third-order valence-corrected chi connectivity index (χ3v) is 3.30. The monoisotopic (exact) mass is 271 g/mol. The summed E-state index contributed by atoms with van der Waals surface area (Å²) in [6, 6.07) is 8.80. The summed E-state index contributed by atoms with van der Waals surface area (Å²) in [5, 5.41) is 9.86. The molecule has 0 amide bonds. The largest absolute Gasteiger partial charge is 0.479 e. The molecule has 0 saturated carbocycles. The molecule has 0 spiro atoms. The van der Waals surface area contributed by atoms with Crippen molar-refractivity contribution in [3.05, 3.63) is 46.8 Å². The second kappa shape index (κ2) is 4.85. The van der Waals surface area contributed by atoms with Crippen molar-refractivity contribution in [3.63, 3.8) is 0 Å². The molecule has 1 aliphatic carbocycles. The lowest BCUT2D eigenvalue weighted by Crippen LogP contribution is -2.18. The van der Waals surface area contributed by atoms with Crippen LogP contribution in [0.4, 0.5) is 0 Å². The maximum atomic E-state index is 12.4. The maximum absolute atomic E-state index is 12.4. The minimum Gasteiger partial charge on any atom is -0.479 e. The fraction of sp³-hybridized carbons (Fsp3) is 0.200. The number of rotatable bonds is 2. The van der Waals surface area contributed by atoms with Gasteiger partial charge in [-0.15, -0.1) is 4.74 Å². The fourth-order valence-corrected chi connectivity index (χ4v) is 2.34. The summed E-state index contributed by atoms with van der Waals surface area (Å²) in [4.78, 5) is 23.8. The average molecular weight is 271 g/mol. The Labute approximate surface area is 114 Å². The molecule has 102 valence electrons. The van der Waals surface area contributed by atoms with E-state index in [0.29, 0.717) is 30.5 Å². The Balaban J connectivity index is 2.13. The normalized spacial score (nSPS) is 15.2. The van der Waals surface area contributed by atoms with Crippen molar-refractivity contribution in [1.82, 2.24) is 4.74 Å². The Morgan fingerprint density at radius 3 is 2.55 bits per heavy atom. The minimum atomic E-state index is -0.449. The van der Waals surface area contributed by atoms with E-state index in [0.717, 1.165) is 4.74 Å². The van der Waals surface area contributed by atoms with E-state index in [1.54, 1.807) is 24.3 Å². The first-order chi connectivity index (χ1) is 9.66. The van der Waals surface area contributed by atoms with Crippen molar-refractivity contribution < 1.29 is 14.4 Å². The molecule has 5 heteroatoms. The van der Waals surface area contributed by atoms with E-state index in [4.69, 9.17) is 4.52 Å². The van der Waals surface area contributed by atoms with Crippen LogP contribution < -0.4 is 5.56 Å². The van der Waals surface area contributed by atoms with E-state index in [-0.39, 0.29) is 11.3 Å². The molecule has 0 fully saturated rings. The Hall–Kier alpha value is -2.56. The topological polar surface area (TPSA) is 72.4 Å². The number of aromatic hydroxyl groups is 1. The number of ketones is 1. The van der Waals surface area contributed by atoms with Crippen molar-refractivity contribution in [2.75, 3.05) is 0 Å². The summed E-state index contributed by atoms with van der Waals surface area (Å²) in [6.45, 7) is 0. The molecular weight excluding hydrogens is 258 g/mol. The Morgan fingerprint density at radius 2 is 1.85 bits per heavy atom. The van der Waals surface area contributed by atoms with Crippen LogP contribution in [0.2, 0.25) is 0 Å². The number of benzene rings is 1. The Kier molecular flexibility index (Phi) is 3.02. The molecule has 0 bridgehead atoms. The first-order valence-electron chi connectivity index (χ1n) is 6.41. The zero-order valence-electron chi connectivity index (χ0n) is 10.7. The second-order valence-corrected chi connectivity index (χ2v) is 4.69. The highest BCUT2D eigenvalue weighted by Gasteiger charge is 2.22.